The summed E-state index contributed by atoms with van der Waals surface area (Å²) in [5.74, 6) is 0.110. The van der Waals surface area contributed by atoms with Crippen molar-refractivity contribution in [3.8, 4) is 0 Å². The molecule has 0 fully saturated rings. The number of rotatable bonds is 2. The van der Waals surface area contributed by atoms with Crippen LogP contribution in [-0.2, 0) is 0 Å². The van der Waals surface area contributed by atoms with E-state index in [1.54, 1.807) is 0 Å². The van der Waals surface area contributed by atoms with Crippen LogP contribution < -0.4 is 5.73 Å². The molecule has 0 aromatic heterocycles. The Kier molecular flexibility index (Phi) is 2.25. The number of nitrogens with two attached hydrogens (primary N) is 1. The summed E-state index contributed by atoms with van der Waals surface area (Å²) in [6.07, 6.45) is 0. The molecule has 0 bridgehead atoms. The normalized spacial score (nSPS) is 20.0. The van der Waals surface area contributed by atoms with Crippen molar-refractivity contribution in [2.45, 2.75) is 13.0 Å². The van der Waals surface area contributed by atoms with E-state index in [1.165, 1.54) is 0 Å². The first-order valence-corrected chi connectivity index (χ1v) is 4.89. The zero-order valence-corrected chi connectivity index (χ0v) is 8.23. The van der Waals surface area contributed by atoms with E-state index in [0.717, 1.165) is 17.7 Å². The molecule has 0 unspecified atom stereocenters. The highest BCUT2D eigenvalue weighted by Crippen LogP contribution is 2.31. The lowest BCUT2D eigenvalue weighted by Crippen LogP contribution is -2.31. The van der Waals surface area contributed by atoms with Crippen molar-refractivity contribution in [2.24, 2.45) is 5.73 Å². The summed E-state index contributed by atoms with van der Waals surface area (Å²) in [6.45, 7) is 3.19. The van der Waals surface area contributed by atoms with Gasteiger partial charge in [0, 0.05) is 18.7 Å². The predicted octanol–water partition coefficient (Wildman–Crippen LogP) is 1.16. The number of carbonyl (C=O) groups is 1. The Hall–Kier alpha value is -1.35. The monoisotopic (exact) mass is 190 g/mol. The van der Waals surface area contributed by atoms with E-state index in [4.69, 9.17) is 5.73 Å². The molecular formula is C11H14N2O. The Morgan fingerprint density at radius 3 is 2.79 bits per heavy atom. The van der Waals surface area contributed by atoms with Gasteiger partial charge in [-0.05, 0) is 18.6 Å². The maximum atomic E-state index is 11.9. The lowest BCUT2D eigenvalue weighted by Gasteiger charge is -2.21. The van der Waals surface area contributed by atoms with Gasteiger partial charge in [-0.3, -0.25) is 4.79 Å². The minimum absolute atomic E-state index is 0.0729. The third kappa shape index (κ3) is 1.13. The molecule has 0 aliphatic carbocycles. The summed E-state index contributed by atoms with van der Waals surface area (Å²) in [5.41, 5.74) is 7.56. The van der Waals surface area contributed by atoms with Crippen molar-refractivity contribution in [1.82, 2.24) is 4.90 Å². The average Bonchev–Trinajstić information content (AvgIpc) is 2.51. The Morgan fingerprint density at radius 1 is 1.43 bits per heavy atom. The van der Waals surface area contributed by atoms with Crippen LogP contribution in [-0.4, -0.2) is 23.9 Å². The maximum Gasteiger partial charge on any atom is 0.254 e. The van der Waals surface area contributed by atoms with Crippen molar-refractivity contribution < 1.29 is 4.79 Å². The lowest BCUT2D eigenvalue weighted by atomic mass is 10.1. The minimum Gasteiger partial charge on any atom is -0.331 e. The third-order valence-electron chi connectivity index (χ3n) is 2.75. The Morgan fingerprint density at radius 2 is 2.14 bits per heavy atom. The molecule has 14 heavy (non-hydrogen) atoms. The molecule has 1 aliphatic heterocycles. The van der Waals surface area contributed by atoms with Gasteiger partial charge in [0.05, 0.1) is 6.04 Å². The molecule has 74 valence electrons. The highest BCUT2D eigenvalue weighted by molar-refractivity contribution is 5.99. The number of fused-ring (bicyclic) bond motifs is 1. The van der Waals surface area contributed by atoms with Crippen molar-refractivity contribution in [1.29, 1.82) is 0 Å². The van der Waals surface area contributed by atoms with Gasteiger partial charge in [0.1, 0.15) is 0 Å². The number of carbonyl (C=O) groups excluding carboxylic acids is 1. The van der Waals surface area contributed by atoms with Crippen LogP contribution in [0.3, 0.4) is 0 Å². The van der Waals surface area contributed by atoms with Crippen molar-refractivity contribution in [3.05, 3.63) is 35.4 Å². The highest BCUT2D eigenvalue weighted by Gasteiger charge is 2.33. The Bertz CT molecular complexity index is 362. The van der Waals surface area contributed by atoms with Gasteiger partial charge in [-0.1, -0.05) is 18.2 Å². The molecule has 2 N–H and O–H groups in total. The van der Waals surface area contributed by atoms with Crippen LogP contribution in [0.15, 0.2) is 24.3 Å². The largest absolute Gasteiger partial charge is 0.331 e. The van der Waals surface area contributed by atoms with Gasteiger partial charge >= 0.3 is 0 Å². The molecule has 0 saturated carbocycles. The van der Waals surface area contributed by atoms with E-state index < -0.39 is 0 Å². The second-order valence-electron chi connectivity index (χ2n) is 3.43. The Labute approximate surface area is 83.5 Å². The van der Waals surface area contributed by atoms with Gasteiger partial charge < -0.3 is 10.6 Å². The molecule has 1 atom stereocenters. The van der Waals surface area contributed by atoms with Gasteiger partial charge in [-0.25, -0.2) is 0 Å². The Balaban J connectivity index is 2.48. The minimum atomic E-state index is 0.0729. The first kappa shape index (κ1) is 9.21. The summed E-state index contributed by atoms with van der Waals surface area (Å²) in [4.78, 5) is 13.7. The maximum absolute atomic E-state index is 11.9. The SMILES string of the molecule is CCN1C(=O)c2ccccc2[C@H]1CN. The quantitative estimate of drug-likeness (QED) is 0.760. The average molecular weight is 190 g/mol. The number of hydrogen-bond donors (Lipinski definition) is 1. The van der Waals surface area contributed by atoms with E-state index >= 15 is 0 Å². The zero-order valence-electron chi connectivity index (χ0n) is 8.23. The summed E-state index contributed by atoms with van der Waals surface area (Å²) in [5, 5.41) is 0. The number of likely N-dealkylation sites (N-methyl/N-ethyl adjacent to an activating group) is 1. The van der Waals surface area contributed by atoms with Gasteiger partial charge in [0.25, 0.3) is 5.91 Å². The molecule has 1 aliphatic rings. The molecule has 0 spiro atoms. The molecule has 2 rings (SSSR count). The van der Waals surface area contributed by atoms with Crippen molar-refractivity contribution >= 4 is 5.91 Å². The number of nitrogens with zero attached hydrogens (tertiary/aromatic N) is 1. The summed E-state index contributed by atoms with van der Waals surface area (Å²) in [7, 11) is 0. The molecule has 1 heterocycles. The van der Waals surface area contributed by atoms with Gasteiger partial charge in [0.15, 0.2) is 0 Å². The van der Waals surface area contributed by atoms with Crippen molar-refractivity contribution in [2.75, 3.05) is 13.1 Å². The van der Waals surface area contributed by atoms with E-state index in [0.29, 0.717) is 6.54 Å². The molecular weight excluding hydrogens is 176 g/mol. The molecule has 1 aromatic rings. The van der Waals surface area contributed by atoms with Crippen LogP contribution in [0.5, 0.6) is 0 Å². The third-order valence-corrected chi connectivity index (χ3v) is 2.75. The number of hydrogen-bond acceptors (Lipinski definition) is 2. The second-order valence-corrected chi connectivity index (χ2v) is 3.43. The topological polar surface area (TPSA) is 46.3 Å². The molecule has 0 saturated heterocycles. The first-order valence-electron chi connectivity index (χ1n) is 4.89. The first-order chi connectivity index (χ1) is 6.79. The van der Waals surface area contributed by atoms with E-state index in [1.807, 2.05) is 36.1 Å². The second kappa shape index (κ2) is 3.42. The standard InChI is InChI=1S/C11H14N2O/c1-2-13-10(7-12)8-5-3-4-6-9(8)11(13)14/h3-6,10H,2,7,12H2,1H3/t10-/m1/s1. The van der Waals surface area contributed by atoms with E-state index in [9.17, 15) is 4.79 Å². The van der Waals surface area contributed by atoms with Gasteiger partial charge in [0.2, 0.25) is 0 Å². The van der Waals surface area contributed by atoms with Gasteiger partial charge in [-0.15, -0.1) is 0 Å². The molecule has 0 radical (unpaired) electrons. The van der Waals surface area contributed by atoms with Crippen LogP contribution in [0.25, 0.3) is 0 Å². The van der Waals surface area contributed by atoms with Gasteiger partial charge in [-0.2, -0.15) is 0 Å². The number of amides is 1. The van der Waals surface area contributed by atoms with E-state index in [2.05, 4.69) is 0 Å². The lowest BCUT2D eigenvalue weighted by molar-refractivity contribution is 0.0741. The van der Waals surface area contributed by atoms with Crippen LogP contribution in [0.4, 0.5) is 0 Å². The molecule has 1 aromatic carbocycles. The highest BCUT2D eigenvalue weighted by atomic mass is 16.2. The van der Waals surface area contributed by atoms with Crippen molar-refractivity contribution in [3.63, 3.8) is 0 Å². The summed E-state index contributed by atoms with van der Waals surface area (Å²) < 4.78 is 0. The van der Waals surface area contributed by atoms with Crippen LogP contribution in [0.1, 0.15) is 28.9 Å². The fraction of sp³-hybridized carbons (Fsp3) is 0.364. The molecule has 1 amide bonds. The van der Waals surface area contributed by atoms with Crippen LogP contribution in [0, 0.1) is 0 Å². The zero-order chi connectivity index (χ0) is 10.1. The summed E-state index contributed by atoms with van der Waals surface area (Å²) >= 11 is 0. The molecule has 3 nitrogen and oxygen atoms in total. The fourth-order valence-electron chi connectivity index (χ4n) is 2.06. The predicted molar refractivity (Wildman–Crippen MR) is 54.9 cm³/mol. The number of benzene rings is 1. The molecule has 3 heteroatoms. The smallest absolute Gasteiger partial charge is 0.254 e. The van der Waals surface area contributed by atoms with E-state index in [-0.39, 0.29) is 11.9 Å². The van der Waals surface area contributed by atoms with Crippen LogP contribution in [0.2, 0.25) is 0 Å². The fourth-order valence-corrected chi connectivity index (χ4v) is 2.06. The summed E-state index contributed by atoms with van der Waals surface area (Å²) in [6, 6.07) is 7.78. The van der Waals surface area contributed by atoms with Crippen LogP contribution >= 0.6 is 0 Å².